The molecule has 1 aliphatic carbocycles. The second-order valence-corrected chi connectivity index (χ2v) is 6.16. The first-order valence-electron chi connectivity index (χ1n) is 6.59. The molecule has 0 spiro atoms. The van der Waals surface area contributed by atoms with Gasteiger partial charge in [0.2, 0.25) is 5.91 Å². The van der Waals surface area contributed by atoms with Crippen LogP contribution in [0.15, 0.2) is 41.8 Å². The van der Waals surface area contributed by atoms with E-state index in [0.717, 1.165) is 18.4 Å². The molecule has 2 nitrogen and oxygen atoms in total. The highest BCUT2D eigenvalue weighted by Gasteiger charge is 2.50. The van der Waals surface area contributed by atoms with E-state index in [4.69, 9.17) is 0 Å². The van der Waals surface area contributed by atoms with Gasteiger partial charge in [0.15, 0.2) is 0 Å². The number of amides is 1. The van der Waals surface area contributed by atoms with Crippen molar-refractivity contribution in [3.8, 4) is 0 Å². The zero-order valence-corrected chi connectivity index (χ0v) is 11.8. The maximum absolute atomic E-state index is 12.4. The highest BCUT2D eigenvalue weighted by Crippen LogP contribution is 2.48. The normalized spacial score (nSPS) is 16.1. The van der Waals surface area contributed by atoms with Crippen LogP contribution >= 0.6 is 11.3 Å². The molecule has 0 radical (unpaired) electrons. The summed E-state index contributed by atoms with van der Waals surface area (Å²) in [6.07, 6.45) is 1.93. The van der Waals surface area contributed by atoms with Crippen molar-refractivity contribution >= 4 is 17.2 Å². The molecule has 0 atom stereocenters. The Balaban J connectivity index is 1.70. The number of aryl methyl sites for hydroxylation is 1. The van der Waals surface area contributed by atoms with Crippen molar-refractivity contribution in [3.63, 3.8) is 0 Å². The lowest BCUT2D eigenvalue weighted by molar-refractivity contribution is -0.123. The highest BCUT2D eigenvalue weighted by atomic mass is 32.1. The van der Waals surface area contributed by atoms with Gasteiger partial charge in [-0.1, -0.05) is 30.3 Å². The first-order valence-corrected chi connectivity index (χ1v) is 7.47. The average Bonchev–Trinajstić information content (AvgIpc) is 3.16. The predicted octanol–water partition coefficient (Wildman–Crippen LogP) is 3.40. The van der Waals surface area contributed by atoms with Crippen molar-refractivity contribution in [1.29, 1.82) is 0 Å². The molecule has 1 saturated carbocycles. The lowest BCUT2D eigenvalue weighted by Crippen LogP contribution is -2.34. The van der Waals surface area contributed by atoms with Gasteiger partial charge in [-0.2, -0.15) is 0 Å². The largest absolute Gasteiger partial charge is 0.350 e. The van der Waals surface area contributed by atoms with Gasteiger partial charge < -0.3 is 5.32 Å². The number of hydrogen-bond donors (Lipinski definition) is 1. The maximum atomic E-state index is 12.4. The van der Waals surface area contributed by atoms with E-state index in [9.17, 15) is 4.79 Å². The highest BCUT2D eigenvalue weighted by molar-refractivity contribution is 7.10. The summed E-state index contributed by atoms with van der Waals surface area (Å²) in [5, 5.41) is 5.17. The van der Waals surface area contributed by atoms with Crippen LogP contribution < -0.4 is 5.32 Å². The molecule has 1 fully saturated rings. The van der Waals surface area contributed by atoms with Gasteiger partial charge in [0, 0.05) is 4.88 Å². The number of thiophene rings is 1. The molecular formula is C16H17NOS. The van der Waals surface area contributed by atoms with Gasteiger partial charge in [0.25, 0.3) is 0 Å². The third-order valence-electron chi connectivity index (χ3n) is 3.89. The van der Waals surface area contributed by atoms with Crippen molar-refractivity contribution in [2.45, 2.75) is 31.7 Å². The fourth-order valence-electron chi connectivity index (χ4n) is 2.44. The van der Waals surface area contributed by atoms with E-state index in [1.807, 2.05) is 18.2 Å². The summed E-state index contributed by atoms with van der Waals surface area (Å²) in [7, 11) is 0. The molecule has 1 amide bonds. The van der Waals surface area contributed by atoms with Gasteiger partial charge >= 0.3 is 0 Å². The number of carbonyl (C=O) groups is 1. The zero-order valence-electron chi connectivity index (χ0n) is 11.0. The van der Waals surface area contributed by atoms with E-state index in [1.54, 1.807) is 11.3 Å². The van der Waals surface area contributed by atoms with Crippen molar-refractivity contribution in [3.05, 3.63) is 57.8 Å². The lowest BCUT2D eigenvalue weighted by atomic mass is 9.95. The van der Waals surface area contributed by atoms with Gasteiger partial charge in [-0.25, -0.2) is 0 Å². The Hall–Kier alpha value is -1.61. The average molecular weight is 271 g/mol. The van der Waals surface area contributed by atoms with Gasteiger partial charge in [-0.05, 0) is 42.3 Å². The molecule has 1 aromatic heterocycles. The fourth-order valence-corrected chi connectivity index (χ4v) is 3.29. The number of rotatable bonds is 4. The number of carbonyl (C=O) groups excluding carboxylic acids is 1. The minimum atomic E-state index is -0.258. The van der Waals surface area contributed by atoms with Gasteiger partial charge in [-0.15, -0.1) is 11.3 Å². The molecule has 0 unspecified atom stereocenters. The number of benzene rings is 1. The Morgan fingerprint density at radius 1 is 1.26 bits per heavy atom. The van der Waals surface area contributed by atoms with Gasteiger partial charge in [0.1, 0.15) is 0 Å². The quantitative estimate of drug-likeness (QED) is 0.907. The van der Waals surface area contributed by atoms with Crippen molar-refractivity contribution in [2.24, 2.45) is 0 Å². The molecule has 1 aliphatic rings. The van der Waals surface area contributed by atoms with Crippen LogP contribution in [0.4, 0.5) is 0 Å². The molecule has 98 valence electrons. The number of hydrogen-bond acceptors (Lipinski definition) is 2. The Bertz CT molecular complexity index is 584. The number of nitrogens with one attached hydrogen (secondary N) is 1. The minimum absolute atomic E-state index is 0.173. The molecule has 1 N–H and O–H groups in total. The van der Waals surface area contributed by atoms with E-state index in [2.05, 4.69) is 35.8 Å². The molecule has 3 rings (SSSR count). The summed E-state index contributed by atoms with van der Waals surface area (Å²) in [6.45, 7) is 2.74. The molecule has 3 heteroatoms. The first kappa shape index (κ1) is 12.4. The molecule has 2 aromatic rings. The van der Waals surface area contributed by atoms with Crippen LogP contribution in [0.5, 0.6) is 0 Å². The third-order valence-corrected chi connectivity index (χ3v) is 4.91. The van der Waals surface area contributed by atoms with E-state index < -0.39 is 0 Å². The van der Waals surface area contributed by atoms with E-state index in [1.165, 1.54) is 10.4 Å². The summed E-state index contributed by atoms with van der Waals surface area (Å²) in [5.74, 6) is 0.173. The topological polar surface area (TPSA) is 29.1 Å². The molecule has 1 aromatic carbocycles. The second kappa shape index (κ2) is 4.82. The maximum Gasteiger partial charge on any atom is 0.230 e. The summed E-state index contributed by atoms with van der Waals surface area (Å²) < 4.78 is 0. The molecule has 19 heavy (non-hydrogen) atoms. The van der Waals surface area contributed by atoms with Gasteiger partial charge in [-0.3, -0.25) is 4.79 Å². The zero-order chi connectivity index (χ0) is 13.3. The standard InChI is InChI=1S/C16H17NOS/c1-12-7-10-19-14(12)11-17-15(18)16(8-9-16)13-5-3-2-4-6-13/h2-7,10H,8-9,11H2,1H3,(H,17,18). The predicted molar refractivity (Wildman–Crippen MR) is 78.3 cm³/mol. The van der Waals surface area contributed by atoms with Crippen LogP contribution in [0.3, 0.4) is 0 Å². The van der Waals surface area contributed by atoms with Crippen LogP contribution in [0.25, 0.3) is 0 Å². The minimum Gasteiger partial charge on any atom is -0.350 e. The Kier molecular flexibility index (Phi) is 3.15. The first-order chi connectivity index (χ1) is 9.22. The van der Waals surface area contributed by atoms with E-state index in [0.29, 0.717) is 6.54 Å². The summed E-state index contributed by atoms with van der Waals surface area (Å²) in [6, 6.07) is 12.2. The summed E-state index contributed by atoms with van der Waals surface area (Å²) >= 11 is 1.70. The van der Waals surface area contributed by atoms with E-state index in [-0.39, 0.29) is 11.3 Å². The Labute approximate surface area is 117 Å². The fraction of sp³-hybridized carbons (Fsp3) is 0.312. The molecule has 0 saturated heterocycles. The monoisotopic (exact) mass is 271 g/mol. The van der Waals surface area contributed by atoms with Crippen LogP contribution in [0.2, 0.25) is 0 Å². The molecule has 1 heterocycles. The van der Waals surface area contributed by atoms with Gasteiger partial charge in [0.05, 0.1) is 12.0 Å². The van der Waals surface area contributed by atoms with Crippen molar-refractivity contribution in [1.82, 2.24) is 5.32 Å². The second-order valence-electron chi connectivity index (χ2n) is 5.16. The SMILES string of the molecule is Cc1ccsc1CNC(=O)C1(c2ccccc2)CC1. The smallest absolute Gasteiger partial charge is 0.230 e. The molecule has 0 bridgehead atoms. The van der Waals surface area contributed by atoms with Crippen molar-refractivity contribution < 1.29 is 4.79 Å². The summed E-state index contributed by atoms with van der Waals surface area (Å²) in [5.41, 5.74) is 2.15. The lowest BCUT2D eigenvalue weighted by Gasteiger charge is -2.15. The van der Waals surface area contributed by atoms with Crippen LogP contribution in [0.1, 0.15) is 28.8 Å². The third kappa shape index (κ3) is 2.30. The Morgan fingerprint density at radius 2 is 2.00 bits per heavy atom. The molecule has 0 aliphatic heterocycles. The Morgan fingerprint density at radius 3 is 2.58 bits per heavy atom. The van der Waals surface area contributed by atoms with Crippen LogP contribution in [-0.4, -0.2) is 5.91 Å². The van der Waals surface area contributed by atoms with Crippen LogP contribution in [0, 0.1) is 6.92 Å². The summed E-state index contributed by atoms with van der Waals surface area (Å²) in [4.78, 5) is 13.7. The molecular weight excluding hydrogens is 254 g/mol. The van der Waals surface area contributed by atoms with Crippen LogP contribution in [-0.2, 0) is 16.8 Å². The van der Waals surface area contributed by atoms with Crippen molar-refractivity contribution in [2.75, 3.05) is 0 Å². The van der Waals surface area contributed by atoms with E-state index >= 15 is 0 Å².